The van der Waals surface area contributed by atoms with Crippen molar-refractivity contribution in [1.82, 2.24) is 4.90 Å². The summed E-state index contributed by atoms with van der Waals surface area (Å²) < 4.78 is 5.81. The lowest BCUT2D eigenvalue weighted by molar-refractivity contribution is 0.0505. The van der Waals surface area contributed by atoms with Gasteiger partial charge >= 0.3 is 6.09 Å². The molecule has 0 saturated heterocycles. The fraction of sp³-hybridized carbons (Fsp3) is 0.652. The number of hydrogen-bond donors (Lipinski definition) is 1. The van der Waals surface area contributed by atoms with Crippen LogP contribution in [0.15, 0.2) is 35.3 Å². The van der Waals surface area contributed by atoms with E-state index in [4.69, 9.17) is 9.73 Å². The molecule has 0 N–H and O–H groups in total. The third kappa shape index (κ3) is 7.02. The maximum atomic E-state index is 12.5. The van der Waals surface area contributed by atoms with Gasteiger partial charge in [0.05, 0.1) is 0 Å². The summed E-state index contributed by atoms with van der Waals surface area (Å²) in [6.45, 7) is 1.63. The largest absolute Gasteiger partial charge is 0.446 e. The van der Waals surface area contributed by atoms with Crippen LogP contribution in [-0.4, -0.2) is 52.1 Å². The van der Waals surface area contributed by atoms with Gasteiger partial charge in [0.1, 0.15) is 6.10 Å². The van der Waals surface area contributed by atoms with Crippen LogP contribution in [0.2, 0.25) is 0 Å². The molecule has 1 heterocycles. The van der Waals surface area contributed by atoms with E-state index in [9.17, 15) is 4.79 Å². The minimum atomic E-state index is -0.196. The number of alkyl halides is 1. The summed E-state index contributed by atoms with van der Waals surface area (Å²) in [5, 5.41) is 3.44. The van der Waals surface area contributed by atoms with Gasteiger partial charge in [-0.05, 0) is 61.5 Å². The van der Waals surface area contributed by atoms with Gasteiger partial charge in [-0.3, -0.25) is 4.99 Å². The van der Waals surface area contributed by atoms with Crippen LogP contribution in [0.4, 0.5) is 4.79 Å². The second kappa shape index (κ2) is 12.0. The molecule has 0 radical (unpaired) electrons. The van der Waals surface area contributed by atoms with Crippen molar-refractivity contribution >= 4 is 38.0 Å². The molecule has 29 heavy (non-hydrogen) atoms. The minimum absolute atomic E-state index is 0.0454. The minimum Gasteiger partial charge on any atom is -0.446 e. The quantitative estimate of drug-likeness (QED) is 0.269. The Morgan fingerprint density at radius 2 is 1.93 bits per heavy atom. The molecule has 0 spiro atoms. The molecule has 4 nitrogen and oxygen atoms in total. The summed E-state index contributed by atoms with van der Waals surface area (Å²) in [7, 11) is 1.78. The van der Waals surface area contributed by atoms with Crippen molar-refractivity contribution < 1.29 is 9.53 Å². The van der Waals surface area contributed by atoms with Gasteiger partial charge in [-0.25, -0.2) is 15.7 Å². The van der Waals surface area contributed by atoms with Gasteiger partial charge in [0.15, 0.2) is 0 Å². The molecule has 1 atom stereocenters. The molecule has 0 aromatic heterocycles. The van der Waals surface area contributed by atoms with Crippen molar-refractivity contribution in [2.45, 2.75) is 69.3 Å². The first-order chi connectivity index (χ1) is 14.2. The predicted octanol–water partition coefficient (Wildman–Crippen LogP) is 5.93. The summed E-state index contributed by atoms with van der Waals surface area (Å²) in [5.74, 6) is 1.29. The molecule has 1 unspecified atom stereocenters. The van der Waals surface area contributed by atoms with Crippen molar-refractivity contribution in [3.8, 4) is 0 Å². The molecule has 2 aliphatic rings. The monoisotopic (exact) mass is 482 g/mol. The van der Waals surface area contributed by atoms with Gasteiger partial charge in [0, 0.05) is 30.5 Å². The van der Waals surface area contributed by atoms with E-state index in [0.29, 0.717) is 6.54 Å². The average Bonchev–Trinajstić information content (AvgIpc) is 3.21. The number of halogens is 1. The Hall–Kier alpha value is -1.01. The normalized spacial score (nSPS) is 25.4. The second-order valence-corrected chi connectivity index (χ2v) is 11.6. The highest BCUT2D eigenvalue weighted by Gasteiger charge is 2.31. The number of unbranched alkanes of at least 4 members (excludes halogenated alkanes) is 2. The fourth-order valence-electron chi connectivity index (χ4n) is 4.31. The fourth-order valence-corrected chi connectivity index (χ4v) is 7.71. The van der Waals surface area contributed by atoms with Crippen LogP contribution in [0.25, 0.3) is 0 Å². The van der Waals surface area contributed by atoms with E-state index in [1.807, 2.05) is 37.4 Å². The van der Waals surface area contributed by atoms with E-state index in [2.05, 4.69) is 15.9 Å². The highest BCUT2D eigenvalue weighted by molar-refractivity contribution is 9.09. The van der Waals surface area contributed by atoms with Gasteiger partial charge in [0.25, 0.3) is 0 Å². The van der Waals surface area contributed by atoms with Crippen LogP contribution in [0.5, 0.6) is 0 Å². The summed E-state index contributed by atoms with van der Waals surface area (Å²) in [6.07, 6.45) is 9.32. The van der Waals surface area contributed by atoms with Crippen LogP contribution in [0.3, 0.4) is 0 Å². The third-order valence-corrected chi connectivity index (χ3v) is 9.60. The summed E-state index contributed by atoms with van der Waals surface area (Å²) in [5.41, 5.74) is 1.13. The van der Waals surface area contributed by atoms with E-state index in [0.717, 1.165) is 35.5 Å². The lowest BCUT2D eigenvalue weighted by atomic mass is 9.97. The Kier molecular flexibility index (Phi) is 9.37. The lowest BCUT2D eigenvalue weighted by Crippen LogP contribution is -2.33. The number of thiol groups is 1. The van der Waals surface area contributed by atoms with E-state index in [-0.39, 0.29) is 23.1 Å². The Morgan fingerprint density at radius 3 is 2.66 bits per heavy atom. The first-order valence-electron chi connectivity index (χ1n) is 11.0. The Balaban J connectivity index is 1.39. The molecule has 1 aliphatic heterocycles. The highest BCUT2D eigenvalue weighted by Crippen LogP contribution is 2.45. The Labute approximate surface area is 187 Å². The molecular weight excluding hydrogens is 448 g/mol. The molecule has 3 rings (SSSR count). The van der Waals surface area contributed by atoms with Crippen LogP contribution >= 0.6 is 26.8 Å². The zero-order valence-corrected chi connectivity index (χ0v) is 20.0. The molecule has 162 valence electrons. The van der Waals surface area contributed by atoms with Crippen molar-refractivity contribution in [1.29, 1.82) is 0 Å². The molecule has 1 aromatic rings. The van der Waals surface area contributed by atoms with Gasteiger partial charge in [0.2, 0.25) is 0 Å². The summed E-state index contributed by atoms with van der Waals surface area (Å²) in [4.78, 5) is 19.0. The number of rotatable bonds is 9. The molecule has 1 amide bonds. The highest BCUT2D eigenvalue weighted by atomic mass is 79.9. The summed E-state index contributed by atoms with van der Waals surface area (Å²) >= 11 is 3.52. The first kappa shape index (κ1) is 22.7. The number of carbonyl (C=O) groups excluding carboxylic acids is 1. The molecule has 1 saturated carbocycles. The number of amides is 1. The molecule has 6 heteroatoms. The smallest absolute Gasteiger partial charge is 0.410 e. The van der Waals surface area contributed by atoms with Crippen LogP contribution in [0.1, 0.15) is 56.9 Å². The van der Waals surface area contributed by atoms with Gasteiger partial charge in [-0.15, -0.1) is 0 Å². The zero-order chi connectivity index (χ0) is 20.5. The lowest BCUT2D eigenvalue weighted by Gasteiger charge is -2.35. The molecular formula is C23H35BrN2O2S. The maximum absolute atomic E-state index is 12.5. The van der Waals surface area contributed by atoms with Crippen molar-refractivity contribution in [2.24, 2.45) is 4.99 Å². The topological polar surface area (TPSA) is 41.9 Å². The van der Waals surface area contributed by atoms with Crippen molar-refractivity contribution in [2.75, 3.05) is 24.7 Å². The van der Waals surface area contributed by atoms with E-state index in [1.54, 1.807) is 4.90 Å². The molecule has 1 aromatic carbocycles. The van der Waals surface area contributed by atoms with Crippen molar-refractivity contribution in [3.63, 3.8) is 0 Å². The third-order valence-electron chi connectivity index (χ3n) is 5.93. The zero-order valence-electron chi connectivity index (χ0n) is 17.6. The van der Waals surface area contributed by atoms with Gasteiger partial charge in [-0.1, -0.05) is 52.7 Å². The summed E-state index contributed by atoms with van der Waals surface area (Å²) in [6, 6.07) is 10.1. The van der Waals surface area contributed by atoms with Crippen LogP contribution in [0, 0.1) is 0 Å². The van der Waals surface area contributed by atoms with E-state index < -0.39 is 0 Å². The Morgan fingerprint density at radius 1 is 1.17 bits per heavy atom. The van der Waals surface area contributed by atoms with Gasteiger partial charge in [-0.2, -0.15) is 0 Å². The maximum Gasteiger partial charge on any atom is 0.410 e. The van der Waals surface area contributed by atoms with E-state index >= 15 is 0 Å². The number of benzene rings is 1. The van der Waals surface area contributed by atoms with Gasteiger partial charge < -0.3 is 9.64 Å². The Bertz CT molecular complexity index is 662. The average molecular weight is 484 g/mol. The molecule has 1 fully saturated rings. The number of ether oxygens (including phenoxy) is 1. The van der Waals surface area contributed by atoms with Crippen LogP contribution in [-0.2, 0) is 11.3 Å². The van der Waals surface area contributed by atoms with Crippen LogP contribution < -0.4 is 0 Å². The number of nitrogens with zero attached hydrogens (tertiary/aromatic N) is 2. The number of aliphatic imine (C=N–C) groups is 1. The second-order valence-electron chi connectivity index (χ2n) is 8.15. The molecule has 1 aliphatic carbocycles. The number of carbonyl (C=O) groups is 1. The predicted molar refractivity (Wildman–Crippen MR) is 129 cm³/mol. The number of hydrogen-bond acceptors (Lipinski definition) is 3. The first-order valence-corrected chi connectivity index (χ1v) is 13.7. The SMILES string of the molecule is CN(Cc1ccccc1)C(=O)OC1CCC([SH]2CCN=C2CCCCCBr)CC1. The van der Waals surface area contributed by atoms with E-state index in [1.165, 1.54) is 49.3 Å². The standard InChI is InChI=1S/C23H35BrN2O2S/c1-26(18-19-8-4-2-5-9-19)23(27)28-20-11-13-21(14-12-20)29-17-16-25-22(29)10-6-3-7-15-24/h2,4-5,8-9,20-21,29H,3,6-7,10-18H2,1H3. The molecule has 0 bridgehead atoms. The van der Waals surface area contributed by atoms with Crippen molar-refractivity contribution in [3.05, 3.63) is 35.9 Å².